The van der Waals surface area contributed by atoms with Crippen molar-refractivity contribution in [3.63, 3.8) is 0 Å². The van der Waals surface area contributed by atoms with Crippen LogP contribution in [0, 0.1) is 13.8 Å². The highest BCUT2D eigenvalue weighted by Crippen LogP contribution is 2.29. The molecule has 1 amide bonds. The van der Waals surface area contributed by atoms with E-state index in [4.69, 9.17) is 11.6 Å². The molecule has 0 aliphatic rings. The third kappa shape index (κ3) is 5.03. The Morgan fingerprint density at radius 2 is 1.67 bits per heavy atom. The van der Waals surface area contributed by atoms with Crippen LogP contribution < -0.4 is 5.43 Å². The van der Waals surface area contributed by atoms with Gasteiger partial charge in [0.2, 0.25) is 5.91 Å². The summed E-state index contributed by atoms with van der Waals surface area (Å²) in [6.07, 6.45) is 1.76. The Morgan fingerprint density at radius 1 is 0.944 bits per heavy atom. The molecule has 5 rings (SSSR count). The van der Waals surface area contributed by atoms with E-state index in [0.29, 0.717) is 5.75 Å². The average Bonchev–Trinajstić information content (AvgIpc) is 3.15. The van der Waals surface area contributed by atoms with Crippen molar-refractivity contribution >= 4 is 57.2 Å². The number of fused-ring (bicyclic) bond motifs is 2. The Labute approximate surface area is 220 Å². The van der Waals surface area contributed by atoms with Crippen LogP contribution in [0.3, 0.4) is 0 Å². The van der Waals surface area contributed by atoms with Crippen LogP contribution in [0.1, 0.15) is 22.4 Å². The number of hydrogen-bond acceptors (Lipinski definition) is 3. The fraction of sp³-hybridized carbons (Fsp3) is 0.133. The first-order chi connectivity index (χ1) is 17.5. The Balaban J connectivity index is 1.33. The molecular weight excluding hydrogens is 486 g/mol. The van der Waals surface area contributed by atoms with Crippen molar-refractivity contribution in [2.75, 3.05) is 5.75 Å². The van der Waals surface area contributed by atoms with E-state index >= 15 is 0 Å². The molecule has 1 aromatic heterocycles. The van der Waals surface area contributed by atoms with Crippen LogP contribution in [0.25, 0.3) is 21.7 Å². The van der Waals surface area contributed by atoms with Crippen molar-refractivity contribution in [2.45, 2.75) is 25.3 Å². The van der Waals surface area contributed by atoms with E-state index in [0.717, 1.165) is 38.5 Å². The fourth-order valence-electron chi connectivity index (χ4n) is 4.54. The zero-order valence-corrected chi connectivity index (χ0v) is 21.7. The minimum Gasteiger partial charge on any atom is -0.340 e. The number of para-hydroxylation sites is 1. The van der Waals surface area contributed by atoms with Gasteiger partial charge in [0.05, 0.1) is 17.5 Å². The normalized spacial score (nSPS) is 11.5. The molecule has 180 valence electrons. The summed E-state index contributed by atoms with van der Waals surface area (Å²) in [5.41, 5.74) is 8.34. The number of benzene rings is 4. The number of thioether (sulfide) groups is 1. The molecule has 0 spiro atoms. The lowest BCUT2D eigenvalue weighted by Gasteiger charge is -2.10. The maximum Gasteiger partial charge on any atom is 0.250 e. The molecule has 0 aliphatic carbocycles. The predicted molar refractivity (Wildman–Crippen MR) is 152 cm³/mol. The third-order valence-electron chi connectivity index (χ3n) is 6.34. The smallest absolute Gasteiger partial charge is 0.250 e. The number of nitrogens with one attached hydrogen (secondary N) is 1. The second-order valence-electron chi connectivity index (χ2n) is 8.74. The summed E-state index contributed by atoms with van der Waals surface area (Å²) >= 11 is 7.59. The quantitative estimate of drug-likeness (QED) is 0.141. The molecule has 4 nitrogen and oxygen atoms in total. The second kappa shape index (κ2) is 10.6. The van der Waals surface area contributed by atoms with Gasteiger partial charge in [-0.2, -0.15) is 5.10 Å². The molecule has 6 heteroatoms. The zero-order chi connectivity index (χ0) is 25.1. The van der Waals surface area contributed by atoms with Gasteiger partial charge in [-0.05, 0) is 53.9 Å². The van der Waals surface area contributed by atoms with E-state index in [1.807, 2.05) is 48.5 Å². The Morgan fingerprint density at radius 3 is 2.50 bits per heavy atom. The molecule has 0 saturated carbocycles. The van der Waals surface area contributed by atoms with E-state index in [-0.39, 0.29) is 5.91 Å². The minimum absolute atomic E-state index is 0.136. The van der Waals surface area contributed by atoms with Gasteiger partial charge in [0.15, 0.2) is 0 Å². The molecule has 5 aromatic rings. The number of rotatable bonds is 7. The molecule has 36 heavy (non-hydrogen) atoms. The number of aryl methyl sites for hydroxylation is 1. The van der Waals surface area contributed by atoms with Crippen molar-refractivity contribution in [1.82, 2.24) is 9.99 Å². The Bertz CT molecular complexity index is 1580. The number of amides is 1. The van der Waals surface area contributed by atoms with Crippen molar-refractivity contribution < 1.29 is 4.79 Å². The maximum absolute atomic E-state index is 12.6. The summed E-state index contributed by atoms with van der Waals surface area (Å²) in [7, 11) is 0. The molecule has 4 aromatic carbocycles. The van der Waals surface area contributed by atoms with E-state index < -0.39 is 0 Å². The second-order valence-corrected chi connectivity index (χ2v) is 10.2. The summed E-state index contributed by atoms with van der Waals surface area (Å²) in [6.45, 7) is 4.94. The summed E-state index contributed by atoms with van der Waals surface area (Å²) in [5, 5.41) is 8.49. The molecule has 1 heterocycles. The van der Waals surface area contributed by atoms with Crippen LogP contribution in [-0.4, -0.2) is 22.4 Å². The van der Waals surface area contributed by atoms with Gasteiger partial charge in [-0.1, -0.05) is 78.3 Å². The predicted octanol–water partition coefficient (Wildman–Crippen LogP) is 7.36. The fourth-order valence-corrected chi connectivity index (χ4v) is 5.53. The molecule has 0 fully saturated rings. The molecule has 0 unspecified atom stereocenters. The topological polar surface area (TPSA) is 46.4 Å². The van der Waals surface area contributed by atoms with Gasteiger partial charge in [0.1, 0.15) is 0 Å². The zero-order valence-electron chi connectivity index (χ0n) is 20.2. The van der Waals surface area contributed by atoms with Gasteiger partial charge in [-0.25, -0.2) is 5.43 Å². The number of carbonyl (C=O) groups excluding carboxylic acids is 1. The third-order valence-corrected chi connectivity index (χ3v) is 7.66. The van der Waals surface area contributed by atoms with Crippen LogP contribution >= 0.6 is 23.4 Å². The van der Waals surface area contributed by atoms with Crippen molar-refractivity contribution in [2.24, 2.45) is 5.10 Å². The van der Waals surface area contributed by atoms with Crippen LogP contribution in [0.5, 0.6) is 0 Å². The lowest BCUT2D eigenvalue weighted by molar-refractivity contribution is -0.118. The first kappa shape index (κ1) is 24.2. The molecule has 0 saturated heterocycles. The van der Waals surface area contributed by atoms with Gasteiger partial charge < -0.3 is 4.57 Å². The highest BCUT2D eigenvalue weighted by atomic mass is 35.5. The van der Waals surface area contributed by atoms with Gasteiger partial charge in [-0.3, -0.25) is 4.79 Å². The molecule has 1 N–H and O–H groups in total. The molecule has 0 radical (unpaired) electrons. The van der Waals surface area contributed by atoms with Crippen LogP contribution in [0.4, 0.5) is 0 Å². The first-order valence-electron chi connectivity index (χ1n) is 11.8. The van der Waals surface area contributed by atoms with Crippen LogP contribution in [-0.2, 0) is 11.3 Å². The first-order valence-corrected chi connectivity index (χ1v) is 13.1. The molecular formula is C30H26ClN3OS. The molecule has 0 bridgehead atoms. The average molecular weight is 512 g/mol. The summed E-state index contributed by atoms with van der Waals surface area (Å²) < 4.78 is 2.30. The minimum atomic E-state index is -0.136. The van der Waals surface area contributed by atoms with E-state index in [1.54, 1.807) is 6.21 Å². The van der Waals surface area contributed by atoms with Crippen molar-refractivity contribution in [3.05, 3.63) is 112 Å². The Hall–Kier alpha value is -3.54. The number of carbonyl (C=O) groups is 1. The van der Waals surface area contributed by atoms with Gasteiger partial charge >= 0.3 is 0 Å². The van der Waals surface area contributed by atoms with Gasteiger partial charge in [0, 0.05) is 33.1 Å². The van der Waals surface area contributed by atoms with Crippen LogP contribution in [0.2, 0.25) is 5.02 Å². The summed E-state index contributed by atoms with van der Waals surface area (Å²) in [6, 6.07) is 28.6. The molecule has 0 aliphatic heterocycles. The maximum atomic E-state index is 12.6. The van der Waals surface area contributed by atoms with Crippen molar-refractivity contribution in [3.8, 4) is 0 Å². The molecule has 0 atom stereocenters. The lowest BCUT2D eigenvalue weighted by atomic mass is 10.1. The van der Waals surface area contributed by atoms with E-state index in [9.17, 15) is 4.79 Å². The van der Waals surface area contributed by atoms with Gasteiger partial charge in [0.25, 0.3) is 0 Å². The Kier molecular flexibility index (Phi) is 7.12. The number of hydrogen-bond donors (Lipinski definition) is 1. The summed E-state index contributed by atoms with van der Waals surface area (Å²) in [4.78, 5) is 13.6. The number of nitrogens with zero attached hydrogens (tertiary/aromatic N) is 2. The number of aromatic nitrogens is 1. The monoisotopic (exact) mass is 511 g/mol. The van der Waals surface area contributed by atoms with E-state index in [2.05, 4.69) is 65.3 Å². The van der Waals surface area contributed by atoms with E-state index in [1.165, 1.54) is 33.8 Å². The number of halogens is 1. The van der Waals surface area contributed by atoms with Crippen molar-refractivity contribution in [1.29, 1.82) is 0 Å². The highest BCUT2D eigenvalue weighted by Gasteiger charge is 2.15. The SMILES string of the molecule is Cc1cccc2c(/C=N\NC(=O)CSc3cccc4ccccc34)c(C)n(Cc3ccc(Cl)cc3)c12. The van der Waals surface area contributed by atoms with Crippen LogP contribution in [0.15, 0.2) is 94.9 Å². The standard InChI is InChI=1S/C30H26ClN3OS/c1-20-7-5-11-26-27(21(2)34(30(20)26)18-22-13-15-24(31)16-14-22)17-32-33-29(35)19-36-28-12-6-9-23-8-3-4-10-25(23)28/h3-17H,18-19H2,1-2H3,(H,33,35)/b32-17-. The highest BCUT2D eigenvalue weighted by molar-refractivity contribution is 8.00. The summed E-state index contributed by atoms with van der Waals surface area (Å²) in [5.74, 6) is 0.157. The lowest BCUT2D eigenvalue weighted by Crippen LogP contribution is -2.19. The van der Waals surface area contributed by atoms with Gasteiger partial charge in [-0.15, -0.1) is 11.8 Å². The number of hydrazone groups is 1. The largest absolute Gasteiger partial charge is 0.340 e.